The van der Waals surface area contributed by atoms with Crippen LogP contribution in [-0.2, 0) is 11.2 Å². The molecule has 1 aliphatic carbocycles. The highest BCUT2D eigenvalue weighted by molar-refractivity contribution is 5.76. The van der Waals surface area contributed by atoms with E-state index >= 15 is 0 Å². The average Bonchev–Trinajstić information content (AvgIpc) is 2.98. The third kappa shape index (κ3) is 2.65. The van der Waals surface area contributed by atoms with Crippen molar-refractivity contribution in [2.75, 3.05) is 13.1 Å². The number of nitrogens with zero attached hydrogens (tertiary/aromatic N) is 1. The fraction of sp³-hybridized carbons (Fsp3) is 0.562. The molecule has 5 heteroatoms. The Morgan fingerprint density at radius 2 is 1.81 bits per heavy atom. The lowest BCUT2D eigenvalue weighted by atomic mass is 9.92. The van der Waals surface area contributed by atoms with Crippen molar-refractivity contribution < 1.29 is 18.0 Å². The minimum Gasteiger partial charge on any atom is -0.343 e. The number of benzene rings is 1. The van der Waals surface area contributed by atoms with Crippen LogP contribution in [0.4, 0.5) is 13.2 Å². The first kappa shape index (κ1) is 14.4. The first-order chi connectivity index (χ1) is 9.94. The van der Waals surface area contributed by atoms with Crippen molar-refractivity contribution >= 4 is 5.91 Å². The van der Waals surface area contributed by atoms with Crippen LogP contribution in [0.3, 0.4) is 0 Å². The molecule has 1 saturated heterocycles. The predicted molar refractivity (Wildman–Crippen MR) is 72.5 cm³/mol. The van der Waals surface area contributed by atoms with Crippen LogP contribution in [0.15, 0.2) is 24.3 Å². The van der Waals surface area contributed by atoms with Crippen LogP contribution in [-0.4, -0.2) is 29.8 Å². The van der Waals surface area contributed by atoms with Gasteiger partial charge in [0.1, 0.15) is 5.82 Å². The molecule has 2 aliphatic rings. The minimum absolute atomic E-state index is 0.0305. The Balaban J connectivity index is 1.50. The predicted octanol–water partition coefficient (Wildman–Crippen LogP) is 3.41. The number of rotatable bonds is 3. The summed E-state index contributed by atoms with van der Waals surface area (Å²) in [6, 6.07) is 6.39. The third-order valence-corrected chi connectivity index (χ3v) is 4.85. The highest BCUT2D eigenvalue weighted by atomic mass is 19.3. The zero-order valence-corrected chi connectivity index (χ0v) is 11.7. The van der Waals surface area contributed by atoms with Gasteiger partial charge in [0, 0.05) is 31.3 Å². The molecule has 1 aromatic rings. The quantitative estimate of drug-likeness (QED) is 0.837. The summed E-state index contributed by atoms with van der Waals surface area (Å²) >= 11 is 0. The Morgan fingerprint density at radius 1 is 1.19 bits per heavy atom. The van der Waals surface area contributed by atoms with Crippen LogP contribution in [0.2, 0.25) is 0 Å². The molecule has 3 rings (SSSR count). The van der Waals surface area contributed by atoms with Crippen LogP contribution in [0.5, 0.6) is 0 Å². The number of carbonyl (C=O) groups excluding carboxylic acids is 1. The highest BCUT2D eigenvalue weighted by Crippen LogP contribution is 2.65. The molecule has 1 saturated carbocycles. The molecule has 1 heterocycles. The van der Waals surface area contributed by atoms with E-state index in [-0.39, 0.29) is 24.6 Å². The van der Waals surface area contributed by atoms with Gasteiger partial charge in [-0.1, -0.05) is 18.2 Å². The molecule has 2 fully saturated rings. The number of amides is 1. The summed E-state index contributed by atoms with van der Waals surface area (Å²) < 4.78 is 40.0. The van der Waals surface area contributed by atoms with Crippen LogP contribution in [0, 0.1) is 11.2 Å². The molecule has 0 N–H and O–H groups in total. The Hall–Kier alpha value is -1.52. The van der Waals surface area contributed by atoms with Gasteiger partial charge < -0.3 is 4.90 Å². The van der Waals surface area contributed by atoms with Crippen molar-refractivity contribution in [2.45, 2.75) is 38.0 Å². The second kappa shape index (κ2) is 5.04. The van der Waals surface area contributed by atoms with Gasteiger partial charge in [0.25, 0.3) is 5.92 Å². The SMILES string of the molecule is O=C(CCc1ccccc1F)N1CCC2(CC1)CC2(F)F. The number of piperidine rings is 1. The summed E-state index contributed by atoms with van der Waals surface area (Å²) in [5.74, 6) is -2.91. The van der Waals surface area contributed by atoms with E-state index in [9.17, 15) is 18.0 Å². The molecule has 2 nitrogen and oxygen atoms in total. The van der Waals surface area contributed by atoms with E-state index in [2.05, 4.69) is 0 Å². The van der Waals surface area contributed by atoms with Crippen LogP contribution < -0.4 is 0 Å². The summed E-state index contributed by atoms with van der Waals surface area (Å²) in [5, 5.41) is 0. The molecule has 114 valence electrons. The molecule has 0 radical (unpaired) electrons. The maximum absolute atomic E-state index is 13.5. The highest BCUT2D eigenvalue weighted by Gasteiger charge is 2.70. The van der Waals surface area contributed by atoms with Gasteiger partial charge >= 0.3 is 0 Å². The summed E-state index contributed by atoms with van der Waals surface area (Å²) in [7, 11) is 0. The number of likely N-dealkylation sites (tertiary alicyclic amines) is 1. The molecule has 0 bridgehead atoms. The molecular formula is C16H18F3NO. The Bertz CT molecular complexity index is 550. The molecule has 0 atom stereocenters. The van der Waals surface area contributed by atoms with Gasteiger partial charge in [-0.2, -0.15) is 0 Å². The van der Waals surface area contributed by atoms with Gasteiger partial charge in [-0.3, -0.25) is 4.79 Å². The van der Waals surface area contributed by atoms with Crippen molar-refractivity contribution in [3.63, 3.8) is 0 Å². The smallest absolute Gasteiger partial charge is 0.254 e. The molecule has 0 aromatic heterocycles. The normalized spacial score (nSPS) is 22.3. The summed E-state index contributed by atoms with van der Waals surface area (Å²) in [6.45, 7) is 0.789. The number of halogens is 3. The number of hydrogen-bond donors (Lipinski definition) is 0. The van der Waals surface area contributed by atoms with Crippen molar-refractivity contribution in [3.8, 4) is 0 Å². The minimum atomic E-state index is -2.53. The van der Waals surface area contributed by atoms with E-state index in [4.69, 9.17) is 0 Å². The number of aryl methyl sites for hydroxylation is 1. The first-order valence-corrected chi connectivity index (χ1v) is 7.33. The molecule has 21 heavy (non-hydrogen) atoms. The van der Waals surface area contributed by atoms with Crippen molar-refractivity contribution in [3.05, 3.63) is 35.6 Å². The maximum atomic E-state index is 13.5. The lowest BCUT2D eigenvalue weighted by Gasteiger charge is -2.32. The topological polar surface area (TPSA) is 20.3 Å². The summed E-state index contributed by atoms with van der Waals surface area (Å²) in [4.78, 5) is 13.7. The van der Waals surface area contributed by atoms with Crippen LogP contribution >= 0.6 is 0 Å². The third-order valence-electron chi connectivity index (χ3n) is 4.85. The number of hydrogen-bond acceptors (Lipinski definition) is 1. The van der Waals surface area contributed by atoms with Gasteiger partial charge in [-0.25, -0.2) is 13.2 Å². The maximum Gasteiger partial charge on any atom is 0.254 e. The average molecular weight is 297 g/mol. The first-order valence-electron chi connectivity index (χ1n) is 7.33. The molecule has 1 aromatic carbocycles. The fourth-order valence-electron chi connectivity index (χ4n) is 3.21. The van der Waals surface area contributed by atoms with E-state index in [1.54, 1.807) is 23.1 Å². The zero-order chi connectivity index (χ0) is 15.1. The monoisotopic (exact) mass is 297 g/mol. The Labute approximate surface area is 121 Å². The van der Waals surface area contributed by atoms with Gasteiger partial charge in [-0.05, 0) is 30.9 Å². The Morgan fingerprint density at radius 3 is 2.38 bits per heavy atom. The zero-order valence-electron chi connectivity index (χ0n) is 11.7. The van der Waals surface area contributed by atoms with Crippen molar-refractivity contribution in [2.24, 2.45) is 5.41 Å². The fourth-order valence-corrected chi connectivity index (χ4v) is 3.21. The summed E-state index contributed by atoms with van der Waals surface area (Å²) in [6.07, 6.45) is 1.31. The Kier molecular flexibility index (Phi) is 3.46. The van der Waals surface area contributed by atoms with E-state index in [1.807, 2.05) is 0 Å². The van der Waals surface area contributed by atoms with E-state index in [1.165, 1.54) is 6.07 Å². The van der Waals surface area contributed by atoms with E-state index in [0.717, 1.165) is 0 Å². The molecule has 1 spiro atoms. The molecular weight excluding hydrogens is 279 g/mol. The second-order valence-electron chi connectivity index (χ2n) is 6.13. The van der Waals surface area contributed by atoms with Gasteiger partial charge in [0.15, 0.2) is 0 Å². The summed E-state index contributed by atoms with van der Waals surface area (Å²) in [5.41, 5.74) is -0.317. The van der Waals surface area contributed by atoms with Crippen LogP contribution in [0.25, 0.3) is 0 Å². The lowest BCUT2D eigenvalue weighted by molar-refractivity contribution is -0.133. The van der Waals surface area contributed by atoms with E-state index in [0.29, 0.717) is 37.9 Å². The molecule has 1 amide bonds. The molecule has 1 aliphatic heterocycles. The van der Waals surface area contributed by atoms with Gasteiger partial charge in [-0.15, -0.1) is 0 Å². The number of alkyl halides is 2. The van der Waals surface area contributed by atoms with Crippen molar-refractivity contribution in [1.82, 2.24) is 4.90 Å². The van der Waals surface area contributed by atoms with Gasteiger partial charge in [0.05, 0.1) is 0 Å². The van der Waals surface area contributed by atoms with Crippen LogP contribution in [0.1, 0.15) is 31.2 Å². The molecule has 0 unspecified atom stereocenters. The standard InChI is InChI=1S/C16H18F3NO/c17-13-4-2-1-3-12(13)5-6-14(21)20-9-7-15(8-10-20)11-16(15,18)19/h1-4H,5-11H2. The van der Waals surface area contributed by atoms with Gasteiger partial charge in [0.2, 0.25) is 5.91 Å². The lowest BCUT2D eigenvalue weighted by Crippen LogP contribution is -2.40. The van der Waals surface area contributed by atoms with Crippen molar-refractivity contribution in [1.29, 1.82) is 0 Å². The largest absolute Gasteiger partial charge is 0.343 e. The van der Waals surface area contributed by atoms with E-state index < -0.39 is 11.3 Å². The number of carbonyl (C=O) groups is 1. The second-order valence-corrected chi connectivity index (χ2v) is 6.13.